The second kappa shape index (κ2) is 7.17. The Morgan fingerprint density at radius 1 is 1.31 bits per heavy atom. The molecule has 6 nitrogen and oxygen atoms in total. The Kier molecular flexibility index (Phi) is 4.58. The lowest BCUT2D eigenvalue weighted by Crippen LogP contribution is -2.45. The number of hydrogen-bond acceptors (Lipinski definition) is 4. The van der Waals surface area contributed by atoms with E-state index < -0.39 is 0 Å². The number of aromatic nitrogens is 2. The van der Waals surface area contributed by atoms with Crippen molar-refractivity contribution >= 4 is 22.6 Å². The number of para-hydroxylation sites is 1. The van der Waals surface area contributed by atoms with Crippen LogP contribution in [0.1, 0.15) is 22.5 Å². The normalized spacial score (nSPS) is 17.5. The molecule has 1 saturated heterocycles. The Morgan fingerprint density at radius 3 is 3.04 bits per heavy atom. The topological polar surface area (TPSA) is 84.2 Å². The van der Waals surface area contributed by atoms with Crippen molar-refractivity contribution in [3.63, 3.8) is 0 Å². The van der Waals surface area contributed by atoms with Crippen LogP contribution in [0, 0.1) is 0 Å². The number of benzene rings is 1. The van der Waals surface area contributed by atoms with Gasteiger partial charge in [-0.2, -0.15) is 0 Å². The van der Waals surface area contributed by atoms with Crippen molar-refractivity contribution in [2.45, 2.75) is 18.9 Å². The van der Waals surface area contributed by atoms with Gasteiger partial charge in [-0.05, 0) is 42.7 Å². The molecule has 1 amide bonds. The molecule has 2 aromatic heterocycles. The van der Waals surface area contributed by atoms with Crippen LogP contribution in [0.2, 0.25) is 0 Å². The van der Waals surface area contributed by atoms with E-state index in [9.17, 15) is 4.79 Å². The lowest BCUT2D eigenvalue weighted by atomic mass is 10.1. The predicted octanol–water partition coefficient (Wildman–Crippen LogP) is 2.62. The van der Waals surface area contributed by atoms with Crippen LogP contribution in [-0.4, -0.2) is 46.6 Å². The van der Waals surface area contributed by atoms with Gasteiger partial charge in [0.2, 0.25) is 0 Å². The van der Waals surface area contributed by atoms with Gasteiger partial charge >= 0.3 is 0 Å². The maximum atomic E-state index is 12.8. The molecule has 0 aliphatic carbocycles. The molecule has 0 spiro atoms. The standard InChI is InChI=1S/C20H22N4O2/c21-19-11-14(7-8-22-19)5-6-16-13-24(9-10-26-16)20(25)18-12-15-3-1-2-4-17(15)23-18/h1-4,7-8,11-12,16,23H,5-6,9-10,13H2,(H2,21,22)/t16-/m1/s1. The number of nitrogens with two attached hydrogens (primary N) is 1. The highest BCUT2D eigenvalue weighted by Gasteiger charge is 2.25. The smallest absolute Gasteiger partial charge is 0.270 e. The third-order valence-corrected chi connectivity index (χ3v) is 4.79. The van der Waals surface area contributed by atoms with E-state index >= 15 is 0 Å². The number of morpholine rings is 1. The minimum atomic E-state index is 0.0302. The molecule has 0 radical (unpaired) electrons. The third-order valence-electron chi connectivity index (χ3n) is 4.79. The van der Waals surface area contributed by atoms with E-state index in [4.69, 9.17) is 10.5 Å². The molecule has 3 aromatic rings. The maximum absolute atomic E-state index is 12.8. The SMILES string of the molecule is Nc1cc(CC[C@@H]2CN(C(=O)c3cc4ccccc4[nH]3)CCO2)ccn1. The van der Waals surface area contributed by atoms with E-state index in [2.05, 4.69) is 9.97 Å². The molecule has 1 fully saturated rings. The van der Waals surface area contributed by atoms with Crippen molar-refractivity contribution in [1.82, 2.24) is 14.9 Å². The summed E-state index contributed by atoms with van der Waals surface area (Å²) in [5.74, 6) is 0.560. The Bertz CT molecular complexity index is 888. The fraction of sp³-hybridized carbons (Fsp3) is 0.300. The lowest BCUT2D eigenvalue weighted by Gasteiger charge is -2.32. The number of anilines is 1. The number of carbonyl (C=O) groups is 1. The molecule has 0 bridgehead atoms. The highest BCUT2D eigenvalue weighted by molar-refractivity contribution is 5.98. The van der Waals surface area contributed by atoms with Crippen LogP contribution in [-0.2, 0) is 11.2 Å². The summed E-state index contributed by atoms with van der Waals surface area (Å²) in [4.78, 5) is 22.0. The Morgan fingerprint density at radius 2 is 2.19 bits per heavy atom. The number of H-pyrrole nitrogens is 1. The molecule has 1 aliphatic heterocycles. The Hall–Kier alpha value is -2.86. The third kappa shape index (κ3) is 3.55. The van der Waals surface area contributed by atoms with Crippen molar-refractivity contribution in [1.29, 1.82) is 0 Å². The number of nitrogens with one attached hydrogen (secondary N) is 1. The number of pyridine rings is 1. The number of rotatable bonds is 4. The molecule has 1 atom stereocenters. The zero-order valence-electron chi connectivity index (χ0n) is 14.5. The summed E-state index contributed by atoms with van der Waals surface area (Å²) in [6.45, 7) is 1.79. The largest absolute Gasteiger partial charge is 0.384 e. The van der Waals surface area contributed by atoms with E-state index in [1.165, 1.54) is 0 Å². The second-order valence-corrected chi connectivity index (χ2v) is 6.64. The second-order valence-electron chi connectivity index (χ2n) is 6.64. The molecule has 6 heteroatoms. The minimum absolute atomic E-state index is 0.0302. The van der Waals surface area contributed by atoms with E-state index in [-0.39, 0.29) is 12.0 Å². The summed E-state index contributed by atoms with van der Waals surface area (Å²) in [7, 11) is 0. The molecule has 1 aliphatic rings. The molecule has 0 saturated carbocycles. The monoisotopic (exact) mass is 350 g/mol. The molecule has 4 rings (SSSR count). The Labute approximate surface area is 152 Å². The number of aromatic amines is 1. The highest BCUT2D eigenvalue weighted by Crippen LogP contribution is 2.19. The molecule has 134 valence electrons. The van der Waals surface area contributed by atoms with Gasteiger partial charge in [0.1, 0.15) is 11.5 Å². The fourth-order valence-corrected chi connectivity index (χ4v) is 3.41. The summed E-state index contributed by atoms with van der Waals surface area (Å²) in [5.41, 5.74) is 8.48. The van der Waals surface area contributed by atoms with Crippen LogP contribution in [0.3, 0.4) is 0 Å². The number of fused-ring (bicyclic) bond motifs is 1. The number of nitrogen functional groups attached to an aromatic ring is 1. The van der Waals surface area contributed by atoms with Gasteiger partial charge in [-0.25, -0.2) is 4.98 Å². The van der Waals surface area contributed by atoms with E-state index in [0.717, 1.165) is 29.3 Å². The van der Waals surface area contributed by atoms with Gasteiger partial charge in [0, 0.05) is 30.2 Å². The first-order valence-corrected chi connectivity index (χ1v) is 8.88. The Balaban J connectivity index is 1.40. The van der Waals surface area contributed by atoms with Gasteiger partial charge < -0.3 is 20.4 Å². The van der Waals surface area contributed by atoms with Gasteiger partial charge in [-0.3, -0.25) is 4.79 Å². The van der Waals surface area contributed by atoms with Crippen molar-refractivity contribution in [3.8, 4) is 0 Å². The van der Waals surface area contributed by atoms with Crippen molar-refractivity contribution in [2.75, 3.05) is 25.4 Å². The van der Waals surface area contributed by atoms with Gasteiger partial charge in [-0.15, -0.1) is 0 Å². The van der Waals surface area contributed by atoms with Crippen LogP contribution >= 0.6 is 0 Å². The van der Waals surface area contributed by atoms with Gasteiger partial charge in [0.15, 0.2) is 0 Å². The van der Waals surface area contributed by atoms with Crippen LogP contribution in [0.5, 0.6) is 0 Å². The number of ether oxygens (including phenoxy) is 1. The van der Waals surface area contributed by atoms with Crippen LogP contribution in [0.25, 0.3) is 10.9 Å². The van der Waals surface area contributed by atoms with Crippen LogP contribution < -0.4 is 5.73 Å². The van der Waals surface area contributed by atoms with Gasteiger partial charge in [0.25, 0.3) is 5.91 Å². The molecular formula is C20H22N4O2. The maximum Gasteiger partial charge on any atom is 0.270 e. The van der Waals surface area contributed by atoms with Crippen molar-refractivity contribution in [3.05, 3.63) is 59.9 Å². The quantitative estimate of drug-likeness (QED) is 0.757. The number of amides is 1. The van der Waals surface area contributed by atoms with Gasteiger partial charge in [0.05, 0.1) is 12.7 Å². The first-order chi connectivity index (χ1) is 12.7. The summed E-state index contributed by atoms with van der Waals surface area (Å²) in [6, 6.07) is 13.7. The van der Waals surface area contributed by atoms with Crippen LogP contribution in [0.4, 0.5) is 5.82 Å². The summed E-state index contributed by atoms with van der Waals surface area (Å²) >= 11 is 0. The molecular weight excluding hydrogens is 328 g/mol. The van der Waals surface area contributed by atoms with E-state index in [1.807, 2.05) is 47.4 Å². The molecule has 0 unspecified atom stereocenters. The zero-order valence-corrected chi connectivity index (χ0v) is 14.5. The first kappa shape index (κ1) is 16.6. The first-order valence-electron chi connectivity index (χ1n) is 8.88. The average Bonchev–Trinajstić information content (AvgIpc) is 3.10. The van der Waals surface area contributed by atoms with Crippen LogP contribution in [0.15, 0.2) is 48.7 Å². The number of nitrogens with zero attached hydrogens (tertiary/aromatic N) is 2. The van der Waals surface area contributed by atoms with Crippen molar-refractivity contribution in [2.24, 2.45) is 0 Å². The van der Waals surface area contributed by atoms with E-state index in [0.29, 0.717) is 31.2 Å². The number of carbonyl (C=O) groups excluding carboxylic acids is 1. The van der Waals surface area contributed by atoms with Crippen molar-refractivity contribution < 1.29 is 9.53 Å². The number of hydrogen-bond donors (Lipinski definition) is 2. The summed E-state index contributed by atoms with van der Waals surface area (Å²) in [5, 5.41) is 1.05. The lowest BCUT2D eigenvalue weighted by molar-refractivity contribution is -0.0247. The summed E-state index contributed by atoms with van der Waals surface area (Å²) in [6.07, 6.45) is 3.45. The summed E-state index contributed by atoms with van der Waals surface area (Å²) < 4.78 is 5.85. The molecule has 26 heavy (non-hydrogen) atoms. The molecule has 1 aromatic carbocycles. The molecule has 3 heterocycles. The minimum Gasteiger partial charge on any atom is -0.384 e. The van der Waals surface area contributed by atoms with E-state index in [1.54, 1.807) is 6.20 Å². The fourth-order valence-electron chi connectivity index (χ4n) is 3.41. The average molecular weight is 350 g/mol. The molecule has 3 N–H and O–H groups in total. The zero-order chi connectivity index (χ0) is 17.9. The number of aryl methyl sites for hydroxylation is 1. The predicted molar refractivity (Wildman–Crippen MR) is 101 cm³/mol. The highest BCUT2D eigenvalue weighted by atomic mass is 16.5. The van der Waals surface area contributed by atoms with Gasteiger partial charge in [-0.1, -0.05) is 18.2 Å².